The zero-order valence-electron chi connectivity index (χ0n) is 19.5. The zero-order valence-corrected chi connectivity index (χ0v) is 19.5. The van der Waals surface area contributed by atoms with Gasteiger partial charge in [0.15, 0.2) is 0 Å². The Morgan fingerprint density at radius 3 is 2.51 bits per heavy atom. The maximum Gasteiger partial charge on any atom is 0.254 e. The van der Waals surface area contributed by atoms with Gasteiger partial charge in [-0.2, -0.15) is 5.10 Å². The van der Waals surface area contributed by atoms with Gasteiger partial charge < -0.3 is 14.4 Å². The van der Waals surface area contributed by atoms with Gasteiger partial charge >= 0.3 is 0 Å². The lowest BCUT2D eigenvalue weighted by atomic mass is 10.1. The Bertz CT molecular complexity index is 1200. The van der Waals surface area contributed by atoms with Crippen LogP contribution in [0.5, 0.6) is 5.75 Å². The van der Waals surface area contributed by atoms with Crippen molar-refractivity contribution in [2.45, 2.75) is 19.5 Å². The number of hydrogen-bond acceptors (Lipinski definition) is 5. The first kappa shape index (κ1) is 22.8. The van der Waals surface area contributed by atoms with Crippen LogP contribution in [0.2, 0.25) is 0 Å². The molecule has 4 aromatic rings. The predicted molar refractivity (Wildman–Crippen MR) is 132 cm³/mol. The molecule has 0 aliphatic carbocycles. The second kappa shape index (κ2) is 11.0. The highest BCUT2D eigenvalue weighted by Crippen LogP contribution is 2.20. The highest BCUT2D eigenvalue weighted by atomic mass is 16.5. The third-order valence-electron chi connectivity index (χ3n) is 6.07. The van der Waals surface area contributed by atoms with E-state index in [0.717, 1.165) is 42.2 Å². The summed E-state index contributed by atoms with van der Waals surface area (Å²) < 4.78 is 13.1. The van der Waals surface area contributed by atoms with Gasteiger partial charge in [-0.1, -0.05) is 18.2 Å². The minimum atomic E-state index is -0.0394. The molecule has 1 atom stereocenters. The predicted octanol–water partition coefficient (Wildman–Crippen LogP) is 4.53. The molecule has 1 unspecified atom stereocenters. The summed E-state index contributed by atoms with van der Waals surface area (Å²) in [5, 5.41) is 4.25. The summed E-state index contributed by atoms with van der Waals surface area (Å²) >= 11 is 0. The van der Waals surface area contributed by atoms with Gasteiger partial charge in [-0.05, 0) is 66.1 Å². The lowest BCUT2D eigenvalue weighted by molar-refractivity contribution is 0.0730. The Morgan fingerprint density at radius 1 is 1.00 bits per heavy atom. The van der Waals surface area contributed by atoms with Crippen molar-refractivity contribution in [1.82, 2.24) is 19.7 Å². The lowest BCUT2D eigenvalue weighted by Crippen LogP contribution is -2.30. The third-order valence-corrected chi connectivity index (χ3v) is 6.07. The molecule has 35 heavy (non-hydrogen) atoms. The molecule has 1 aliphatic heterocycles. The van der Waals surface area contributed by atoms with Crippen molar-refractivity contribution in [1.29, 1.82) is 0 Å². The number of carbonyl (C=O) groups excluding carboxylic acids is 1. The molecular formula is C28H28N4O3. The number of ether oxygens (including phenoxy) is 2. The first-order chi connectivity index (χ1) is 17.2. The van der Waals surface area contributed by atoms with E-state index in [2.05, 4.69) is 10.1 Å². The average molecular weight is 469 g/mol. The highest BCUT2D eigenvalue weighted by Gasteiger charge is 2.18. The van der Waals surface area contributed by atoms with E-state index in [9.17, 15) is 4.79 Å². The van der Waals surface area contributed by atoms with E-state index in [1.54, 1.807) is 23.3 Å². The molecule has 1 amide bonds. The van der Waals surface area contributed by atoms with Gasteiger partial charge in [0.05, 0.1) is 18.9 Å². The van der Waals surface area contributed by atoms with E-state index in [1.807, 2.05) is 77.8 Å². The van der Waals surface area contributed by atoms with Gasteiger partial charge in [0.1, 0.15) is 5.75 Å². The van der Waals surface area contributed by atoms with Crippen LogP contribution in [0, 0.1) is 5.92 Å². The molecule has 0 bridgehead atoms. The maximum absolute atomic E-state index is 13.5. The molecule has 7 heteroatoms. The fourth-order valence-electron chi connectivity index (χ4n) is 4.11. The molecule has 0 spiro atoms. The summed E-state index contributed by atoms with van der Waals surface area (Å²) in [5.74, 6) is 1.25. The summed E-state index contributed by atoms with van der Waals surface area (Å²) in [7, 11) is 0. The first-order valence-electron chi connectivity index (χ1n) is 11.8. The molecule has 5 rings (SSSR count). The Labute approximate surface area is 204 Å². The summed E-state index contributed by atoms with van der Waals surface area (Å²) in [6.45, 7) is 3.20. The third kappa shape index (κ3) is 5.94. The molecule has 1 fully saturated rings. The van der Waals surface area contributed by atoms with Crippen LogP contribution in [0.15, 0.2) is 91.5 Å². The van der Waals surface area contributed by atoms with Crippen LogP contribution in [0.1, 0.15) is 27.9 Å². The molecule has 3 heterocycles. The summed E-state index contributed by atoms with van der Waals surface area (Å²) in [6, 6.07) is 21.2. The van der Waals surface area contributed by atoms with Crippen molar-refractivity contribution in [2.75, 3.05) is 19.8 Å². The average Bonchev–Trinajstić information content (AvgIpc) is 3.63. The molecule has 1 saturated heterocycles. The molecule has 7 nitrogen and oxygen atoms in total. The number of benzene rings is 2. The number of hydrogen-bond donors (Lipinski definition) is 0. The molecule has 0 N–H and O–H groups in total. The van der Waals surface area contributed by atoms with Gasteiger partial charge in [-0.25, -0.2) is 4.68 Å². The summed E-state index contributed by atoms with van der Waals surface area (Å²) in [6.07, 6.45) is 8.19. The van der Waals surface area contributed by atoms with E-state index in [4.69, 9.17) is 9.47 Å². The van der Waals surface area contributed by atoms with E-state index in [0.29, 0.717) is 31.2 Å². The van der Waals surface area contributed by atoms with Crippen molar-refractivity contribution < 1.29 is 14.3 Å². The van der Waals surface area contributed by atoms with Gasteiger partial charge in [0.25, 0.3) is 5.91 Å². The Morgan fingerprint density at radius 2 is 1.83 bits per heavy atom. The summed E-state index contributed by atoms with van der Waals surface area (Å²) in [4.78, 5) is 19.6. The standard InChI is InChI=1S/C28H28N4O3/c33-28(25-6-8-26(9-7-25)32-15-2-14-30-32)31(19-23-3-1-13-29-17-23)18-22-4-10-27(11-5-22)35-21-24-12-16-34-20-24/h1-11,13-15,17,24H,12,16,18-21H2. The highest BCUT2D eigenvalue weighted by molar-refractivity contribution is 5.94. The second-order valence-electron chi connectivity index (χ2n) is 8.70. The maximum atomic E-state index is 13.5. The molecular weight excluding hydrogens is 440 g/mol. The first-order valence-corrected chi connectivity index (χ1v) is 11.8. The smallest absolute Gasteiger partial charge is 0.254 e. The number of pyridine rings is 1. The van der Waals surface area contributed by atoms with Crippen LogP contribution in [0.25, 0.3) is 5.69 Å². The molecule has 178 valence electrons. The van der Waals surface area contributed by atoms with Crippen molar-refractivity contribution >= 4 is 5.91 Å². The van der Waals surface area contributed by atoms with Crippen LogP contribution in [0.3, 0.4) is 0 Å². The van der Waals surface area contributed by atoms with Crippen molar-refractivity contribution in [3.05, 3.63) is 108 Å². The minimum absolute atomic E-state index is 0.0394. The van der Waals surface area contributed by atoms with E-state index < -0.39 is 0 Å². The van der Waals surface area contributed by atoms with Crippen LogP contribution in [0.4, 0.5) is 0 Å². The number of carbonyl (C=O) groups is 1. The zero-order chi connectivity index (χ0) is 23.9. The quantitative estimate of drug-likeness (QED) is 0.361. The van der Waals surface area contributed by atoms with E-state index >= 15 is 0 Å². The molecule has 2 aromatic heterocycles. The molecule has 0 saturated carbocycles. The minimum Gasteiger partial charge on any atom is -0.493 e. The topological polar surface area (TPSA) is 69.5 Å². The van der Waals surface area contributed by atoms with Crippen LogP contribution >= 0.6 is 0 Å². The Balaban J connectivity index is 1.29. The molecule has 2 aromatic carbocycles. The fourth-order valence-corrected chi connectivity index (χ4v) is 4.11. The normalized spacial score (nSPS) is 15.1. The van der Waals surface area contributed by atoms with Crippen molar-refractivity contribution in [3.63, 3.8) is 0 Å². The lowest BCUT2D eigenvalue weighted by Gasteiger charge is -2.23. The van der Waals surface area contributed by atoms with Gasteiger partial charge in [-0.15, -0.1) is 0 Å². The monoisotopic (exact) mass is 468 g/mol. The van der Waals surface area contributed by atoms with Gasteiger partial charge in [-0.3, -0.25) is 9.78 Å². The summed E-state index contributed by atoms with van der Waals surface area (Å²) in [5.41, 5.74) is 3.55. The number of aromatic nitrogens is 3. The van der Waals surface area contributed by atoms with Crippen LogP contribution < -0.4 is 4.74 Å². The number of rotatable bonds is 9. The van der Waals surface area contributed by atoms with Crippen LogP contribution in [-0.4, -0.2) is 45.4 Å². The fraction of sp³-hybridized carbons (Fsp3) is 0.250. The van der Waals surface area contributed by atoms with Gasteiger partial charge in [0, 0.05) is 56.0 Å². The SMILES string of the molecule is O=C(c1ccc(-n2cccn2)cc1)N(Cc1ccc(OCC2CCOC2)cc1)Cc1cccnc1. The number of nitrogens with zero attached hydrogens (tertiary/aromatic N) is 4. The molecule has 1 aliphatic rings. The van der Waals surface area contributed by atoms with E-state index in [1.165, 1.54) is 0 Å². The molecule has 0 radical (unpaired) electrons. The Hall–Kier alpha value is -3.97. The second-order valence-corrected chi connectivity index (χ2v) is 8.70. The largest absolute Gasteiger partial charge is 0.493 e. The van der Waals surface area contributed by atoms with E-state index in [-0.39, 0.29) is 5.91 Å². The Kier molecular flexibility index (Phi) is 7.15. The van der Waals surface area contributed by atoms with Gasteiger partial charge in [0.2, 0.25) is 0 Å². The van der Waals surface area contributed by atoms with Crippen LogP contribution in [-0.2, 0) is 17.8 Å². The van der Waals surface area contributed by atoms with Crippen molar-refractivity contribution in [2.24, 2.45) is 5.92 Å². The van der Waals surface area contributed by atoms with Crippen molar-refractivity contribution in [3.8, 4) is 11.4 Å². The number of amides is 1.